The first-order valence-electron chi connectivity index (χ1n) is 12.1. The number of aliphatic hydroxyl groups is 2. The SMILES string of the molecule is CCCCNc1cc(CN(CC)CC(O)NCC)cc(S(N)(=O)=O)c1C(O)COc1ccccc1. The van der Waals surface area contributed by atoms with E-state index in [1.54, 1.807) is 12.1 Å². The molecular formula is C25H40N4O5S. The molecule has 0 aliphatic carbocycles. The van der Waals surface area contributed by atoms with Crippen LogP contribution < -0.4 is 20.5 Å². The van der Waals surface area contributed by atoms with E-state index in [9.17, 15) is 18.6 Å². The molecule has 0 saturated carbocycles. The molecule has 10 heteroatoms. The molecule has 0 radical (unpaired) electrons. The zero-order chi connectivity index (χ0) is 25.8. The summed E-state index contributed by atoms with van der Waals surface area (Å²) in [5.74, 6) is 0.568. The van der Waals surface area contributed by atoms with Gasteiger partial charge in [0.25, 0.3) is 0 Å². The first kappa shape index (κ1) is 29.0. The summed E-state index contributed by atoms with van der Waals surface area (Å²) < 4.78 is 30.9. The van der Waals surface area contributed by atoms with Gasteiger partial charge in [-0.05, 0) is 49.3 Å². The highest BCUT2D eigenvalue weighted by molar-refractivity contribution is 7.89. The van der Waals surface area contributed by atoms with Crippen LogP contribution in [0.15, 0.2) is 47.4 Å². The van der Waals surface area contributed by atoms with Crippen LogP contribution in [0.4, 0.5) is 5.69 Å². The highest BCUT2D eigenvalue weighted by Gasteiger charge is 2.26. The van der Waals surface area contributed by atoms with Crippen LogP contribution in [0.2, 0.25) is 0 Å². The lowest BCUT2D eigenvalue weighted by atomic mass is 10.0. The molecule has 196 valence electrons. The van der Waals surface area contributed by atoms with Crippen LogP contribution >= 0.6 is 0 Å². The number of anilines is 1. The summed E-state index contributed by atoms with van der Waals surface area (Å²) >= 11 is 0. The third-order valence-electron chi connectivity index (χ3n) is 5.56. The van der Waals surface area contributed by atoms with Gasteiger partial charge >= 0.3 is 0 Å². The van der Waals surface area contributed by atoms with Gasteiger partial charge in [0.05, 0.1) is 4.90 Å². The predicted octanol–water partition coefficient (Wildman–Crippen LogP) is 2.41. The molecule has 0 bridgehead atoms. The predicted molar refractivity (Wildman–Crippen MR) is 139 cm³/mol. The molecule has 0 saturated heterocycles. The molecule has 0 aliphatic heterocycles. The number of para-hydroxylation sites is 1. The first-order valence-corrected chi connectivity index (χ1v) is 13.7. The number of benzene rings is 2. The van der Waals surface area contributed by atoms with Crippen molar-refractivity contribution in [3.8, 4) is 5.75 Å². The fraction of sp³-hybridized carbons (Fsp3) is 0.520. The van der Waals surface area contributed by atoms with Crippen LogP contribution in [-0.4, -0.2) is 62.5 Å². The van der Waals surface area contributed by atoms with Crippen molar-refractivity contribution in [2.45, 2.75) is 57.4 Å². The number of unbranched alkanes of at least 4 members (excludes halogenated alkanes) is 1. The summed E-state index contributed by atoms with van der Waals surface area (Å²) in [6.07, 6.45) is -0.0908. The number of hydrogen-bond acceptors (Lipinski definition) is 8. The summed E-state index contributed by atoms with van der Waals surface area (Å²) in [5, 5.41) is 33.0. The van der Waals surface area contributed by atoms with Crippen LogP contribution in [0.5, 0.6) is 5.75 Å². The number of ether oxygens (including phenoxy) is 1. The summed E-state index contributed by atoms with van der Waals surface area (Å²) in [7, 11) is -4.15. The molecule has 35 heavy (non-hydrogen) atoms. The summed E-state index contributed by atoms with van der Waals surface area (Å²) in [4.78, 5) is 1.86. The lowest BCUT2D eigenvalue weighted by Gasteiger charge is -2.26. The number of likely N-dealkylation sites (N-methyl/N-ethyl adjacent to an activating group) is 2. The molecule has 2 aromatic carbocycles. The Kier molecular flexibility index (Phi) is 11.9. The largest absolute Gasteiger partial charge is 0.491 e. The molecule has 2 rings (SSSR count). The molecule has 2 aromatic rings. The monoisotopic (exact) mass is 508 g/mol. The maximum absolute atomic E-state index is 12.6. The Morgan fingerprint density at radius 1 is 1.11 bits per heavy atom. The van der Waals surface area contributed by atoms with E-state index in [2.05, 4.69) is 17.6 Å². The van der Waals surface area contributed by atoms with E-state index in [1.165, 1.54) is 6.07 Å². The molecule has 0 fully saturated rings. The van der Waals surface area contributed by atoms with Crippen molar-refractivity contribution in [1.29, 1.82) is 0 Å². The second-order valence-electron chi connectivity index (χ2n) is 8.42. The molecule has 0 aliphatic rings. The minimum atomic E-state index is -4.15. The number of hydrogen-bond donors (Lipinski definition) is 5. The van der Waals surface area contributed by atoms with Crippen molar-refractivity contribution < 1.29 is 23.4 Å². The standard InChI is InChI=1S/C25H40N4O5S/c1-4-7-13-28-21-14-19(16-29(6-3)17-24(31)27-5-2)15-23(35(26,32)33)25(21)22(30)18-34-20-11-9-8-10-12-20/h8-12,14-15,22,24,27-28,30-31H,4-7,13,16-18H2,1-3H3,(H2,26,32,33). The summed E-state index contributed by atoms with van der Waals surface area (Å²) in [6, 6.07) is 12.4. The zero-order valence-electron chi connectivity index (χ0n) is 20.9. The van der Waals surface area contributed by atoms with E-state index in [1.807, 2.05) is 43.0 Å². The molecular weight excluding hydrogens is 468 g/mol. The van der Waals surface area contributed by atoms with Gasteiger partial charge in [-0.1, -0.05) is 45.4 Å². The molecule has 9 nitrogen and oxygen atoms in total. The maximum atomic E-state index is 12.6. The second-order valence-corrected chi connectivity index (χ2v) is 9.95. The summed E-state index contributed by atoms with van der Waals surface area (Å²) in [5.41, 5.74) is 1.41. The molecule has 2 unspecified atom stereocenters. The van der Waals surface area contributed by atoms with Crippen LogP contribution in [0, 0.1) is 0 Å². The number of sulfonamides is 1. The van der Waals surface area contributed by atoms with E-state index in [-0.39, 0.29) is 17.1 Å². The van der Waals surface area contributed by atoms with Crippen molar-refractivity contribution in [2.75, 3.05) is 38.1 Å². The van der Waals surface area contributed by atoms with Crippen LogP contribution in [0.25, 0.3) is 0 Å². The summed E-state index contributed by atoms with van der Waals surface area (Å²) in [6.45, 7) is 8.49. The van der Waals surface area contributed by atoms with Crippen molar-refractivity contribution in [1.82, 2.24) is 10.2 Å². The Balaban J connectivity index is 2.42. The Bertz CT molecular complexity index is 1000. The van der Waals surface area contributed by atoms with Gasteiger partial charge in [0.1, 0.15) is 24.7 Å². The first-order chi connectivity index (χ1) is 16.7. The highest BCUT2D eigenvalue weighted by atomic mass is 32.2. The van der Waals surface area contributed by atoms with Crippen molar-refractivity contribution in [2.24, 2.45) is 5.14 Å². The van der Waals surface area contributed by atoms with Crippen molar-refractivity contribution >= 4 is 15.7 Å². The fourth-order valence-electron chi connectivity index (χ4n) is 3.78. The quantitative estimate of drug-likeness (QED) is 0.172. The molecule has 0 spiro atoms. The molecule has 2 atom stereocenters. The highest BCUT2D eigenvalue weighted by Crippen LogP contribution is 2.32. The molecule has 0 aromatic heterocycles. The van der Waals surface area contributed by atoms with Gasteiger partial charge in [0, 0.05) is 30.9 Å². The molecule has 0 heterocycles. The van der Waals surface area contributed by atoms with E-state index in [0.717, 1.165) is 12.8 Å². The van der Waals surface area contributed by atoms with E-state index < -0.39 is 22.4 Å². The normalized spacial score (nSPS) is 13.6. The maximum Gasteiger partial charge on any atom is 0.238 e. The lowest BCUT2D eigenvalue weighted by Crippen LogP contribution is -2.40. The van der Waals surface area contributed by atoms with Gasteiger partial charge in [-0.15, -0.1) is 0 Å². The molecule has 6 N–H and O–H groups in total. The van der Waals surface area contributed by atoms with Crippen molar-refractivity contribution in [3.63, 3.8) is 0 Å². The number of nitrogens with one attached hydrogen (secondary N) is 2. The topological polar surface area (TPSA) is 137 Å². The van der Waals surface area contributed by atoms with Gasteiger partial charge < -0.3 is 20.3 Å². The number of nitrogens with two attached hydrogens (primary N) is 1. The second kappa shape index (κ2) is 14.4. The minimum Gasteiger partial charge on any atom is -0.491 e. The smallest absolute Gasteiger partial charge is 0.238 e. The average molecular weight is 509 g/mol. The van der Waals surface area contributed by atoms with Gasteiger partial charge in [-0.3, -0.25) is 10.2 Å². The van der Waals surface area contributed by atoms with E-state index in [4.69, 9.17) is 9.88 Å². The van der Waals surface area contributed by atoms with Gasteiger partial charge in [-0.25, -0.2) is 13.6 Å². The number of nitrogens with zero attached hydrogens (tertiary/aromatic N) is 1. The van der Waals surface area contributed by atoms with Crippen molar-refractivity contribution in [3.05, 3.63) is 53.6 Å². The van der Waals surface area contributed by atoms with Gasteiger partial charge in [-0.2, -0.15) is 0 Å². The number of rotatable bonds is 16. The Labute approximate surface area is 209 Å². The average Bonchev–Trinajstić information content (AvgIpc) is 2.82. The third-order valence-corrected chi connectivity index (χ3v) is 6.51. The number of aliphatic hydroxyl groups excluding tert-OH is 2. The third kappa shape index (κ3) is 9.40. The van der Waals surface area contributed by atoms with E-state index >= 15 is 0 Å². The van der Waals surface area contributed by atoms with E-state index in [0.29, 0.717) is 49.7 Å². The van der Waals surface area contributed by atoms with Crippen LogP contribution in [-0.2, 0) is 16.6 Å². The minimum absolute atomic E-state index is 0.135. The van der Waals surface area contributed by atoms with Gasteiger partial charge in [0.15, 0.2) is 0 Å². The Morgan fingerprint density at radius 3 is 2.43 bits per heavy atom. The number of primary sulfonamides is 1. The zero-order valence-corrected chi connectivity index (χ0v) is 21.7. The lowest BCUT2D eigenvalue weighted by molar-refractivity contribution is 0.0857. The van der Waals surface area contributed by atoms with Crippen LogP contribution in [0.1, 0.15) is 50.8 Å². The fourth-order valence-corrected chi connectivity index (χ4v) is 4.65. The Hall–Kier alpha value is -2.21. The Morgan fingerprint density at radius 2 is 1.83 bits per heavy atom. The van der Waals surface area contributed by atoms with Crippen LogP contribution in [0.3, 0.4) is 0 Å². The van der Waals surface area contributed by atoms with Gasteiger partial charge in [0.2, 0.25) is 10.0 Å². The molecule has 0 amide bonds.